The van der Waals surface area contributed by atoms with E-state index in [2.05, 4.69) is 29.1 Å². The fourth-order valence-electron chi connectivity index (χ4n) is 3.71. The van der Waals surface area contributed by atoms with Crippen molar-refractivity contribution in [2.75, 3.05) is 13.7 Å². The first-order chi connectivity index (χ1) is 13.0. The Balaban J connectivity index is 1.55. The summed E-state index contributed by atoms with van der Waals surface area (Å²) < 4.78 is 6.83. The molecule has 1 aliphatic carbocycles. The first kappa shape index (κ1) is 19.3. The number of aromatic nitrogens is 3. The molecule has 0 aromatic carbocycles. The van der Waals surface area contributed by atoms with Crippen molar-refractivity contribution in [2.24, 2.45) is 17.8 Å². The number of methoxy groups -OCH3 is 1. The molecule has 0 atom stereocenters. The average molecular weight is 372 g/mol. The minimum atomic E-state index is -0.127. The van der Waals surface area contributed by atoms with Crippen molar-refractivity contribution in [1.82, 2.24) is 19.9 Å². The first-order valence-corrected chi connectivity index (χ1v) is 9.64. The molecule has 0 radical (unpaired) electrons. The molecule has 0 bridgehead atoms. The van der Waals surface area contributed by atoms with E-state index in [9.17, 15) is 9.59 Å². The number of nitrogens with one attached hydrogen (secondary N) is 1. The largest absolute Gasteiger partial charge is 0.469 e. The van der Waals surface area contributed by atoms with E-state index in [0.29, 0.717) is 23.9 Å². The van der Waals surface area contributed by atoms with Gasteiger partial charge in [0.25, 0.3) is 5.91 Å². The molecule has 0 unspecified atom stereocenters. The van der Waals surface area contributed by atoms with Crippen LogP contribution in [0.3, 0.4) is 0 Å². The number of imidazole rings is 1. The molecular weight excluding hydrogens is 344 g/mol. The molecule has 2 aromatic heterocycles. The first-order valence-electron chi connectivity index (χ1n) is 9.64. The maximum absolute atomic E-state index is 12.5. The Labute approximate surface area is 159 Å². The zero-order chi connectivity index (χ0) is 19.4. The van der Waals surface area contributed by atoms with Crippen LogP contribution in [0.1, 0.15) is 49.9 Å². The SMILES string of the molecule is COC(=O)C1CCC(CNC(=O)c2cnc3c(c2)ncn3CC(C)C)CC1. The van der Waals surface area contributed by atoms with Crippen LogP contribution in [0.15, 0.2) is 18.6 Å². The van der Waals surface area contributed by atoms with Crippen LogP contribution in [-0.4, -0.2) is 40.1 Å². The summed E-state index contributed by atoms with van der Waals surface area (Å²) in [6.07, 6.45) is 6.90. The molecule has 1 saturated carbocycles. The van der Waals surface area contributed by atoms with Gasteiger partial charge in [0.1, 0.15) is 5.52 Å². The predicted molar refractivity (Wildman–Crippen MR) is 102 cm³/mol. The van der Waals surface area contributed by atoms with Gasteiger partial charge in [-0.1, -0.05) is 13.8 Å². The van der Waals surface area contributed by atoms with Crippen LogP contribution in [0.4, 0.5) is 0 Å². The third-order valence-corrected chi connectivity index (χ3v) is 5.21. The van der Waals surface area contributed by atoms with E-state index in [1.807, 2.05) is 4.57 Å². The summed E-state index contributed by atoms with van der Waals surface area (Å²) in [4.78, 5) is 32.9. The number of carbonyl (C=O) groups is 2. The number of hydrogen-bond donors (Lipinski definition) is 1. The van der Waals surface area contributed by atoms with Gasteiger partial charge in [-0.2, -0.15) is 0 Å². The topological polar surface area (TPSA) is 86.1 Å². The molecule has 2 aromatic rings. The number of fused-ring (bicyclic) bond motifs is 1. The number of esters is 1. The average Bonchev–Trinajstić information content (AvgIpc) is 3.07. The highest BCUT2D eigenvalue weighted by molar-refractivity contribution is 5.96. The summed E-state index contributed by atoms with van der Waals surface area (Å²) in [5.41, 5.74) is 2.07. The number of rotatable bonds is 6. The molecule has 3 rings (SSSR count). The predicted octanol–water partition coefficient (Wildman–Crippen LogP) is 2.80. The molecule has 2 heterocycles. The summed E-state index contributed by atoms with van der Waals surface area (Å²) in [5.74, 6) is 0.666. The van der Waals surface area contributed by atoms with Crippen LogP contribution in [0.5, 0.6) is 0 Å². The van der Waals surface area contributed by atoms with Crippen molar-refractivity contribution in [3.05, 3.63) is 24.2 Å². The molecule has 27 heavy (non-hydrogen) atoms. The van der Waals surface area contributed by atoms with Gasteiger partial charge in [0.15, 0.2) is 5.65 Å². The van der Waals surface area contributed by atoms with Crippen LogP contribution in [0.25, 0.3) is 11.2 Å². The lowest BCUT2D eigenvalue weighted by atomic mass is 9.82. The monoisotopic (exact) mass is 372 g/mol. The standard InChI is InChI=1S/C20H28N4O3/c1-13(2)11-24-12-23-17-8-16(10-21-18(17)24)19(25)22-9-14-4-6-15(7-5-14)20(26)27-3/h8,10,12-15H,4-7,9,11H2,1-3H3,(H,22,25). The van der Waals surface area contributed by atoms with Gasteiger partial charge in [0.05, 0.1) is 24.9 Å². The van der Waals surface area contributed by atoms with Gasteiger partial charge in [0.2, 0.25) is 0 Å². The van der Waals surface area contributed by atoms with Gasteiger partial charge in [-0.3, -0.25) is 9.59 Å². The van der Waals surface area contributed by atoms with Crippen LogP contribution in [0.2, 0.25) is 0 Å². The van der Waals surface area contributed by atoms with Crippen molar-refractivity contribution in [3.63, 3.8) is 0 Å². The lowest BCUT2D eigenvalue weighted by Crippen LogP contribution is -2.32. The van der Waals surface area contributed by atoms with Gasteiger partial charge < -0.3 is 14.6 Å². The minimum Gasteiger partial charge on any atom is -0.469 e. The molecule has 0 saturated heterocycles. The third-order valence-electron chi connectivity index (χ3n) is 5.21. The van der Waals surface area contributed by atoms with E-state index >= 15 is 0 Å². The maximum Gasteiger partial charge on any atom is 0.308 e. The maximum atomic E-state index is 12.5. The fourth-order valence-corrected chi connectivity index (χ4v) is 3.71. The zero-order valence-corrected chi connectivity index (χ0v) is 16.3. The highest BCUT2D eigenvalue weighted by atomic mass is 16.5. The second-order valence-electron chi connectivity index (χ2n) is 7.81. The van der Waals surface area contributed by atoms with E-state index in [1.165, 1.54) is 7.11 Å². The van der Waals surface area contributed by atoms with Crippen molar-refractivity contribution < 1.29 is 14.3 Å². The molecule has 7 heteroatoms. The summed E-state index contributed by atoms with van der Waals surface area (Å²) in [6, 6.07) is 1.79. The van der Waals surface area contributed by atoms with Crippen LogP contribution < -0.4 is 5.32 Å². The normalized spacial score (nSPS) is 20.0. The smallest absolute Gasteiger partial charge is 0.308 e. The Morgan fingerprint density at radius 2 is 2.00 bits per heavy atom. The van der Waals surface area contributed by atoms with E-state index in [-0.39, 0.29) is 17.8 Å². The minimum absolute atomic E-state index is 0.00880. The molecule has 1 aliphatic rings. The highest BCUT2D eigenvalue weighted by Crippen LogP contribution is 2.29. The third kappa shape index (κ3) is 4.64. The molecule has 1 N–H and O–H groups in total. The van der Waals surface area contributed by atoms with E-state index in [0.717, 1.165) is 43.4 Å². The summed E-state index contributed by atoms with van der Waals surface area (Å²) in [5, 5.41) is 3.00. The molecule has 1 amide bonds. The Kier molecular flexibility index (Phi) is 6.08. The molecule has 0 aliphatic heterocycles. The molecule has 7 nitrogen and oxygen atoms in total. The number of carbonyl (C=O) groups excluding carboxylic acids is 2. The summed E-state index contributed by atoms with van der Waals surface area (Å²) in [6.45, 7) is 5.76. The fraction of sp³-hybridized carbons (Fsp3) is 0.600. The molecule has 146 valence electrons. The van der Waals surface area contributed by atoms with E-state index < -0.39 is 0 Å². The van der Waals surface area contributed by atoms with Crippen molar-refractivity contribution in [3.8, 4) is 0 Å². The Hall–Kier alpha value is -2.44. The second-order valence-corrected chi connectivity index (χ2v) is 7.81. The van der Waals surface area contributed by atoms with Gasteiger partial charge in [-0.05, 0) is 43.6 Å². The Bertz CT molecular complexity index is 807. The van der Waals surface area contributed by atoms with E-state index in [1.54, 1.807) is 18.6 Å². The van der Waals surface area contributed by atoms with Gasteiger partial charge in [0, 0.05) is 19.3 Å². The summed E-state index contributed by atoms with van der Waals surface area (Å²) >= 11 is 0. The van der Waals surface area contributed by atoms with Gasteiger partial charge in [-0.25, -0.2) is 9.97 Å². The number of pyridine rings is 1. The van der Waals surface area contributed by atoms with E-state index in [4.69, 9.17) is 4.74 Å². The molecule has 0 spiro atoms. The number of hydrogen-bond acceptors (Lipinski definition) is 5. The zero-order valence-electron chi connectivity index (χ0n) is 16.3. The van der Waals surface area contributed by atoms with Gasteiger partial charge >= 0.3 is 5.97 Å². The van der Waals surface area contributed by atoms with Crippen molar-refractivity contribution in [2.45, 2.75) is 46.1 Å². The Morgan fingerprint density at radius 1 is 1.26 bits per heavy atom. The number of ether oxygens (including phenoxy) is 1. The lowest BCUT2D eigenvalue weighted by Gasteiger charge is -2.26. The van der Waals surface area contributed by atoms with Crippen LogP contribution in [-0.2, 0) is 16.1 Å². The lowest BCUT2D eigenvalue weighted by molar-refractivity contribution is -0.146. The highest BCUT2D eigenvalue weighted by Gasteiger charge is 2.27. The molecular formula is C20H28N4O3. The van der Waals surface area contributed by atoms with Crippen LogP contribution in [0, 0.1) is 17.8 Å². The molecule has 1 fully saturated rings. The number of amides is 1. The van der Waals surface area contributed by atoms with Crippen molar-refractivity contribution in [1.29, 1.82) is 0 Å². The number of nitrogens with zero attached hydrogens (tertiary/aromatic N) is 3. The summed E-state index contributed by atoms with van der Waals surface area (Å²) in [7, 11) is 1.44. The van der Waals surface area contributed by atoms with Gasteiger partial charge in [-0.15, -0.1) is 0 Å². The van der Waals surface area contributed by atoms with Crippen LogP contribution >= 0.6 is 0 Å². The quantitative estimate of drug-likeness (QED) is 0.788. The second kappa shape index (κ2) is 8.50. The Morgan fingerprint density at radius 3 is 2.67 bits per heavy atom. The van der Waals surface area contributed by atoms with Crippen molar-refractivity contribution >= 4 is 23.0 Å².